The van der Waals surface area contributed by atoms with E-state index in [2.05, 4.69) is 0 Å². The van der Waals surface area contributed by atoms with Gasteiger partial charge in [-0.15, -0.1) is 0 Å². The molecule has 9 heteroatoms. The SMILES string of the molecule is CC(=O)[O-].CC(=O)[O-].CC(=O)[O-].[K+].[K+].[Na+]. The van der Waals surface area contributed by atoms with Crippen molar-refractivity contribution in [1.29, 1.82) is 0 Å². The summed E-state index contributed by atoms with van der Waals surface area (Å²) in [6.07, 6.45) is 0. The minimum Gasteiger partial charge on any atom is -0.550 e. The molecule has 0 rings (SSSR count). The molecule has 0 radical (unpaired) electrons. The average molecular weight is 278 g/mol. The molecule has 0 aromatic carbocycles. The predicted molar refractivity (Wildman–Crippen MR) is 32.0 cm³/mol. The van der Waals surface area contributed by atoms with Crippen molar-refractivity contribution in [3.63, 3.8) is 0 Å². The smallest absolute Gasteiger partial charge is 0.550 e. The number of carbonyl (C=O) groups is 3. The molecule has 72 valence electrons. The van der Waals surface area contributed by atoms with Crippen LogP contribution in [0.15, 0.2) is 0 Å². The number of hydrogen-bond donors (Lipinski definition) is 0. The Labute approximate surface area is 196 Å². The fourth-order valence-electron chi connectivity index (χ4n) is 0. The molecule has 0 fully saturated rings. The van der Waals surface area contributed by atoms with Gasteiger partial charge in [-0.2, -0.15) is 0 Å². The van der Waals surface area contributed by atoms with Crippen molar-refractivity contribution in [2.75, 3.05) is 0 Å². The summed E-state index contributed by atoms with van der Waals surface area (Å²) in [5.41, 5.74) is 0. The van der Waals surface area contributed by atoms with Crippen molar-refractivity contribution in [2.45, 2.75) is 20.8 Å². The van der Waals surface area contributed by atoms with Crippen LogP contribution in [0.25, 0.3) is 0 Å². The Bertz CT molecular complexity index is 123. The first kappa shape index (κ1) is 36.1. The van der Waals surface area contributed by atoms with Gasteiger partial charge < -0.3 is 29.7 Å². The second-order valence-corrected chi connectivity index (χ2v) is 1.47. The van der Waals surface area contributed by atoms with Crippen LogP contribution in [0.5, 0.6) is 0 Å². The number of carbonyl (C=O) groups excluding carboxylic acids is 3. The van der Waals surface area contributed by atoms with Gasteiger partial charge in [0.15, 0.2) is 0 Å². The van der Waals surface area contributed by atoms with Crippen LogP contribution in [0.2, 0.25) is 0 Å². The minimum atomic E-state index is -1.08. The third-order valence-corrected chi connectivity index (χ3v) is 0. The van der Waals surface area contributed by atoms with Crippen LogP contribution in [0.4, 0.5) is 0 Å². The van der Waals surface area contributed by atoms with Crippen LogP contribution in [-0.2, 0) is 14.4 Å². The maximum Gasteiger partial charge on any atom is 1.00 e. The zero-order valence-electron chi connectivity index (χ0n) is 9.95. The molecule has 0 unspecified atom stereocenters. The molecule has 6 nitrogen and oxygen atoms in total. The molecule has 0 saturated heterocycles. The molecular formula is C6H9K2NaO6. The van der Waals surface area contributed by atoms with E-state index in [0.29, 0.717) is 0 Å². The Balaban J connectivity index is -0.0000000184. The van der Waals surface area contributed by atoms with Crippen molar-refractivity contribution in [1.82, 2.24) is 0 Å². The monoisotopic (exact) mass is 278 g/mol. The molecule has 15 heavy (non-hydrogen) atoms. The standard InChI is InChI=1S/3C2H4O2.2K.Na/c3*1-2(3)4;;;/h3*1H3,(H,3,4);;;/q;;;3*+1/p-3. The summed E-state index contributed by atoms with van der Waals surface area (Å²) in [7, 11) is 0. The Kier molecular flexibility index (Phi) is 72.3. The molecule has 0 atom stereocenters. The van der Waals surface area contributed by atoms with Gasteiger partial charge in [0.05, 0.1) is 0 Å². The zero-order valence-corrected chi connectivity index (χ0v) is 18.2. The van der Waals surface area contributed by atoms with Crippen molar-refractivity contribution < 1.29 is 162 Å². The zero-order chi connectivity index (χ0) is 10.7. The van der Waals surface area contributed by atoms with Crippen LogP contribution < -0.4 is 148 Å². The number of aliphatic carboxylic acids is 3. The van der Waals surface area contributed by atoms with E-state index in [1.165, 1.54) is 0 Å². The molecule has 0 bridgehead atoms. The molecule has 0 aromatic heterocycles. The van der Waals surface area contributed by atoms with Crippen LogP contribution in [0.1, 0.15) is 20.8 Å². The van der Waals surface area contributed by atoms with Crippen LogP contribution in [0, 0.1) is 0 Å². The van der Waals surface area contributed by atoms with E-state index in [4.69, 9.17) is 29.7 Å². The normalized spacial score (nSPS) is 5.00. The van der Waals surface area contributed by atoms with E-state index < -0.39 is 17.9 Å². The summed E-state index contributed by atoms with van der Waals surface area (Å²) in [4.78, 5) is 26.7. The molecule has 0 N–H and O–H groups in total. The first-order valence-electron chi connectivity index (χ1n) is 2.72. The Hall–Kier alpha value is 2.68. The van der Waals surface area contributed by atoms with E-state index in [9.17, 15) is 0 Å². The summed E-state index contributed by atoms with van der Waals surface area (Å²) < 4.78 is 0. The van der Waals surface area contributed by atoms with Crippen LogP contribution in [0.3, 0.4) is 0 Å². The Morgan fingerprint density at radius 3 is 0.667 bits per heavy atom. The minimum absolute atomic E-state index is 0. The maximum absolute atomic E-state index is 8.89. The topological polar surface area (TPSA) is 120 Å². The number of hydrogen-bond acceptors (Lipinski definition) is 6. The number of carboxylic acids is 3. The van der Waals surface area contributed by atoms with E-state index in [0.717, 1.165) is 20.8 Å². The quantitative estimate of drug-likeness (QED) is 0.406. The summed E-state index contributed by atoms with van der Waals surface area (Å²) >= 11 is 0. The fourth-order valence-corrected chi connectivity index (χ4v) is 0. The van der Waals surface area contributed by atoms with Crippen molar-refractivity contribution in [3.8, 4) is 0 Å². The fraction of sp³-hybridized carbons (Fsp3) is 0.500. The molecule has 0 aromatic rings. The molecular weight excluding hydrogens is 269 g/mol. The van der Waals surface area contributed by atoms with E-state index in [1.807, 2.05) is 0 Å². The van der Waals surface area contributed by atoms with E-state index in [-0.39, 0.29) is 132 Å². The van der Waals surface area contributed by atoms with E-state index in [1.54, 1.807) is 0 Å². The second-order valence-electron chi connectivity index (χ2n) is 1.47. The van der Waals surface area contributed by atoms with Gasteiger partial charge >= 0.3 is 132 Å². The Morgan fingerprint density at radius 1 is 0.667 bits per heavy atom. The van der Waals surface area contributed by atoms with E-state index >= 15 is 0 Å². The number of carboxylic acid groups (broad SMARTS) is 3. The summed E-state index contributed by atoms with van der Waals surface area (Å²) in [6, 6.07) is 0. The summed E-state index contributed by atoms with van der Waals surface area (Å²) in [5.74, 6) is -3.25. The molecule has 0 aliphatic rings. The molecule has 0 amide bonds. The number of rotatable bonds is 0. The third kappa shape index (κ3) is 500. The van der Waals surface area contributed by atoms with Crippen molar-refractivity contribution in [2.24, 2.45) is 0 Å². The van der Waals surface area contributed by atoms with Gasteiger partial charge in [0.25, 0.3) is 0 Å². The molecule has 0 saturated carbocycles. The van der Waals surface area contributed by atoms with Gasteiger partial charge in [0.1, 0.15) is 0 Å². The summed E-state index contributed by atoms with van der Waals surface area (Å²) in [6.45, 7) is 2.92. The largest absolute Gasteiger partial charge is 1.00 e. The molecule has 0 aliphatic heterocycles. The first-order chi connectivity index (χ1) is 5.20. The van der Waals surface area contributed by atoms with Gasteiger partial charge in [0, 0.05) is 17.9 Å². The third-order valence-electron chi connectivity index (χ3n) is 0. The van der Waals surface area contributed by atoms with Gasteiger partial charge in [-0.1, -0.05) is 0 Å². The predicted octanol–water partition coefficient (Wildman–Crippen LogP) is -12.7. The molecule has 0 spiro atoms. The first-order valence-corrected chi connectivity index (χ1v) is 2.72. The van der Waals surface area contributed by atoms with Gasteiger partial charge in [0.2, 0.25) is 0 Å². The van der Waals surface area contributed by atoms with Gasteiger partial charge in [-0.05, 0) is 20.8 Å². The maximum atomic E-state index is 8.89. The van der Waals surface area contributed by atoms with Crippen molar-refractivity contribution in [3.05, 3.63) is 0 Å². The van der Waals surface area contributed by atoms with Gasteiger partial charge in [-0.25, -0.2) is 0 Å². The molecule has 0 aliphatic carbocycles. The van der Waals surface area contributed by atoms with Crippen LogP contribution >= 0.6 is 0 Å². The average Bonchev–Trinajstić information content (AvgIpc) is 1.54. The summed E-state index contributed by atoms with van der Waals surface area (Å²) in [5, 5.41) is 26.7. The Morgan fingerprint density at radius 2 is 0.667 bits per heavy atom. The van der Waals surface area contributed by atoms with Crippen molar-refractivity contribution >= 4 is 17.9 Å². The second kappa shape index (κ2) is 30.1. The molecule has 0 heterocycles. The van der Waals surface area contributed by atoms with Gasteiger partial charge in [-0.3, -0.25) is 0 Å². The van der Waals surface area contributed by atoms with Crippen LogP contribution in [-0.4, -0.2) is 17.9 Å².